The fraction of sp³-hybridized carbons (Fsp3) is 0.933. The minimum Gasteiger partial charge on any atom is -0.299 e. The molecule has 0 aliphatic carbocycles. The normalized spacial score (nSPS) is 11.8. The van der Waals surface area contributed by atoms with E-state index in [1.807, 2.05) is 6.92 Å². The van der Waals surface area contributed by atoms with Crippen LogP contribution in [0.5, 0.6) is 0 Å². The van der Waals surface area contributed by atoms with Crippen molar-refractivity contribution >= 4 is 11.6 Å². The van der Waals surface area contributed by atoms with Crippen LogP contribution in [-0.2, 0) is 9.59 Å². The summed E-state index contributed by atoms with van der Waals surface area (Å²) in [7, 11) is 0. The average Bonchev–Trinajstić information content (AvgIpc) is 2.82. The number of unbranched alkanes of at least 4 members (excludes halogenated alkanes) is 16. The summed E-state index contributed by atoms with van der Waals surface area (Å²) >= 11 is 0. The fourth-order valence-corrected chi connectivity index (χ4v) is 4.83. The van der Waals surface area contributed by atoms with E-state index in [0.717, 1.165) is 38.6 Å². The summed E-state index contributed by atoms with van der Waals surface area (Å²) in [6, 6.07) is 0. The van der Waals surface area contributed by atoms with E-state index in [1.165, 1.54) is 89.9 Å². The molecule has 3 heteroatoms. The van der Waals surface area contributed by atoms with E-state index in [4.69, 9.17) is 0 Å². The van der Waals surface area contributed by atoms with Crippen molar-refractivity contribution in [2.75, 3.05) is 6.54 Å². The number of hydrogen-bond acceptors (Lipinski definition) is 3. The van der Waals surface area contributed by atoms with Crippen LogP contribution in [0.3, 0.4) is 0 Å². The molecule has 0 atom stereocenters. The number of nitrogens with one attached hydrogen (secondary N) is 1. The van der Waals surface area contributed by atoms with Crippen LogP contribution in [0.15, 0.2) is 0 Å². The molecule has 0 amide bonds. The largest absolute Gasteiger partial charge is 0.299 e. The second kappa shape index (κ2) is 23.1. The third-order valence-corrected chi connectivity index (χ3v) is 7.17. The molecule has 0 aromatic carbocycles. The fourth-order valence-electron chi connectivity index (χ4n) is 4.83. The lowest BCUT2D eigenvalue weighted by atomic mass is 9.81. The summed E-state index contributed by atoms with van der Waals surface area (Å²) in [4.78, 5) is 26.5. The molecule has 0 aromatic rings. The molecule has 0 heterocycles. The summed E-state index contributed by atoms with van der Waals surface area (Å²) in [6.07, 6.45) is 25.0. The molecule has 1 N–H and O–H groups in total. The van der Waals surface area contributed by atoms with Gasteiger partial charge in [0.05, 0.1) is 0 Å². The number of hydrogen-bond donors (Lipinski definition) is 1. The second-order valence-electron chi connectivity index (χ2n) is 10.2. The molecule has 0 spiro atoms. The van der Waals surface area contributed by atoms with Crippen molar-refractivity contribution in [1.82, 2.24) is 5.32 Å². The van der Waals surface area contributed by atoms with Gasteiger partial charge in [0.1, 0.15) is 5.54 Å². The zero-order valence-electron chi connectivity index (χ0n) is 23.1. The molecule has 3 nitrogen and oxygen atoms in total. The number of Topliss-reactive ketones (excluding diaryl/α,β-unsaturated/α-hetero) is 2. The van der Waals surface area contributed by atoms with Crippen LogP contribution in [0.1, 0.15) is 169 Å². The topological polar surface area (TPSA) is 46.2 Å². The predicted molar refractivity (Wildman–Crippen MR) is 145 cm³/mol. The zero-order valence-corrected chi connectivity index (χ0v) is 23.1. The van der Waals surface area contributed by atoms with E-state index in [0.29, 0.717) is 19.3 Å². The maximum absolute atomic E-state index is 13.2. The minimum atomic E-state index is -0.934. The summed E-state index contributed by atoms with van der Waals surface area (Å²) < 4.78 is 0. The quantitative estimate of drug-likeness (QED) is 0.102. The van der Waals surface area contributed by atoms with E-state index in [2.05, 4.69) is 26.1 Å². The van der Waals surface area contributed by atoms with E-state index in [1.54, 1.807) is 0 Å². The Bertz CT molecular complexity index is 426. The van der Waals surface area contributed by atoms with Crippen molar-refractivity contribution in [3.8, 4) is 0 Å². The van der Waals surface area contributed by atoms with Crippen LogP contribution in [0.4, 0.5) is 0 Å². The maximum Gasteiger partial charge on any atom is 0.160 e. The molecule has 0 saturated heterocycles. The molecular formula is C30H59NO2. The Morgan fingerprint density at radius 3 is 1.12 bits per heavy atom. The van der Waals surface area contributed by atoms with Crippen molar-refractivity contribution in [3.63, 3.8) is 0 Å². The highest BCUT2D eigenvalue weighted by Crippen LogP contribution is 2.22. The van der Waals surface area contributed by atoms with E-state index in [-0.39, 0.29) is 11.6 Å². The standard InChI is InChI=1S/C30H59NO2/c1-5-9-11-13-15-17-19-21-23-25-28(32)30(8-4,31-27-7-3)29(33)26-24-22-20-18-16-14-12-10-6-2/h31H,5-27H2,1-4H3. The van der Waals surface area contributed by atoms with E-state index in [9.17, 15) is 9.59 Å². The van der Waals surface area contributed by atoms with Gasteiger partial charge in [-0.2, -0.15) is 0 Å². The van der Waals surface area contributed by atoms with Gasteiger partial charge in [-0.25, -0.2) is 0 Å². The van der Waals surface area contributed by atoms with E-state index >= 15 is 0 Å². The highest BCUT2D eigenvalue weighted by molar-refractivity contribution is 6.11. The first-order valence-corrected chi connectivity index (χ1v) is 14.9. The van der Waals surface area contributed by atoms with Crippen molar-refractivity contribution in [3.05, 3.63) is 0 Å². The smallest absolute Gasteiger partial charge is 0.160 e. The summed E-state index contributed by atoms with van der Waals surface area (Å²) in [6.45, 7) is 9.35. The SMILES string of the molecule is CCCCCCCCCCCC(=O)C(CC)(NCCC)C(=O)CCCCCCCCCCC. The number of rotatable bonds is 26. The molecule has 0 aliphatic rings. The van der Waals surface area contributed by atoms with Gasteiger partial charge in [0.2, 0.25) is 0 Å². The van der Waals surface area contributed by atoms with Crippen molar-refractivity contribution in [2.24, 2.45) is 0 Å². The van der Waals surface area contributed by atoms with Gasteiger partial charge in [-0.3, -0.25) is 14.9 Å². The molecule has 0 bridgehead atoms. The number of carbonyl (C=O) groups excluding carboxylic acids is 2. The lowest BCUT2D eigenvalue weighted by molar-refractivity contribution is -0.137. The molecule has 0 unspecified atom stereocenters. The second-order valence-corrected chi connectivity index (χ2v) is 10.2. The van der Waals surface area contributed by atoms with Gasteiger partial charge in [0.25, 0.3) is 0 Å². The van der Waals surface area contributed by atoms with Gasteiger partial charge >= 0.3 is 0 Å². The summed E-state index contributed by atoms with van der Waals surface area (Å²) in [5.74, 6) is 0.282. The Morgan fingerprint density at radius 1 is 0.485 bits per heavy atom. The third kappa shape index (κ3) is 15.8. The van der Waals surface area contributed by atoms with Gasteiger partial charge in [0, 0.05) is 12.8 Å². The maximum atomic E-state index is 13.2. The number of ketones is 2. The minimum absolute atomic E-state index is 0.141. The molecule has 0 saturated carbocycles. The highest BCUT2D eigenvalue weighted by atomic mass is 16.2. The van der Waals surface area contributed by atoms with Crippen molar-refractivity contribution in [2.45, 2.75) is 174 Å². The van der Waals surface area contributed by atoms with Gasteiger partial charge in [-0.15, -0.1) is 0 Å². The van der Waals surface area contributed by atoms with Gasteiger partial charge < -0.3 is 0 Å². The average molecular weight is 466 g/mol. The molecule has 196 valence electrons. The first-order chi connectivity index (χ1) is 16.1. The van der Waals surface area contributed by atoms with Crippen molar-refractivity contribution in [1.29, 1.82) is 0 Å². The Balaban J connectivity index is 4.33. The zero-order chi connectivity index (χ0) is 24.6. The Hall–Kier alpha value is -0.700. The van der Waals surface area contributed by atoms with Crippen molar-refractivity contribution < 1.29 is 9.59 Å². The summed E-state index contributed by atoms with van der Waals surface area (Å²) in [5.41, 5.74) is -0.934. The van der Waals surface area contributed by atoms with Gasteiger partial charge in [-0.05, 0) is 32.2 Å². The Labute approximate surface area is 207 Å². The van der Waals surface area contributed by atoms with Gasteiger partial charge in [-0.1, -0.05) is 130 Å². The summed E-state index contributed by atoms with van der Waals surface area (Å²) in [5, 5.41) is 3.39. The Kier molecular flexibility index (Phi) is 22.6. The monoisotopic (exact) mass is 465 g/mol. The first-order valence-electron chi connectivity index (χ1n) is 14.9. The van der Waals surface area contributed by atoms with Crippen LogP contribution in [0.25, 0.3) is 0 Å². The number of carbonyl (C=O) groups is 2. The first kappa shape index (κ1) is 32.3. The third-order valence-electron chi connectivity index (χ3n) is 7.17. The molecule has 0 aromatic heterocycles. The molecular weight excluding hydrogens is 406 g/mol. The lowest BCUT2D eigenvalue weighted by Gasteiger charge is -2.31. The highest BCUT2D eigenvalue weighted by Gasteiger charge is 2.41. The Morgan fingerprint density at radius 2 is 0.818 bits per heavy atom. The lowest BCUT2D eigenvalue weighted by Crippen LogP contribution is -2.58. The molecule has 33 heavy (non-hydrogen) atoms. The molecule has 0 fully saturated rings. The van der Waals surface area contributed by atoms with Gasteiger partial charge in [0.15, 0.2) is 11.6 Å². The van der Waals surface area contributed by atoms with Crippen LogP contribution >= 0.6 is 0 Å². The van der Waals surface area contributed by atoms with Crippen LogP contribution < -0.4 is 5.32 Å². The van der Waals surface area contributed by atoms with E-state index < -0.39 is 5.54 Å². The van der Waals surface area contributed by atoms with Crippen LogP contribution in [0.2, 0.25) is 0 Å². The van der Waals surface area contributed by atoms with Crippen LogP contribution in [-0.4, -0.2) is 23.7 Å². The van der Waals surface area contributed by atoms with Crippen LogP contribution in [0, 0.1) is 0 Å². The predicted octanol–water partition coefficient (Wildman–Crippen LogP) is 9.11. The molecule has 0 radical (unpaired) electrons. The molecule has 0 rings (SSSR count). The molecule has 0 aliphatic heterocycles.